The van der Waals surface area contributed by atoms with Gasteiger partial charge in [0.1, 0.15) is 10.7 Å². The van der Waals surface area contributed by atoms with E-state index in [4.69, 9.17) is 20.9 Å². The van der Waals surface area contributed by atoms with Crippen LogP contribution >= 0.6 is 11.6 Å². The van der Waals surface area contributed by atoms with E-state index < -0.39 is 16.0 Å². The van der Waals surface area contributed by atoms with Gasteiger partial charge in [-0.25, -0.2) is 13.2 Å². The average Bonchev–Trinajstić information content (AvgIpc) is 3.03. The van der Waals surface area contributed by atoms with Gasteiger partial charge in [0, 0.05) is 5.56 Å². The van der Waals surface area contributed by atoms with Gasteiger partial charge >= 0.3 is 5.97 Å². The number of carbonyl (C=O) groups excluding carboxylic acids is 1. The molecule has 3 rings (SSSR count). The number of sulfonamides is 1. The van der Waals surface area contributed by atoms with Gasteiger partial charge in [0.2, 0.25) is 0 Å². The number of aromatic nitrogens is 1. The average molecular weight is 435 g/mol. The van der Waals surface area contributed by atoms with E-state index in [0.29, 0.717) is 17.0 Å². The van der Waals surface area contributed by atoms with Crippen LogP contribution in [-0.2, 0) is 21.3 Å². The Bertz CT molecular complexity index is 1140. The van der Waals surface area contributed by atoms with Crippen molar-refractivity contribution in [2.45, 2.75) is 25.3 Å². The Balaban J connectivity index is 2.21. The zero-order valence-corrected chi connectivity index (χ0v) is 17.6. The number of carbonyl (C=O) groups is 1. The topological polar surface area (TPSA) is 89.7 Å². The van der Waals surface area contributed by atoms with Gasteiger partial charge in [-0.05, 0) is 38.1 Å². The molecule has 7 nitrogen and oxygen atoms in total. The number of halogens is 1. The third-order valence-corrected chi connectivity index (χ3v) is 6.60. The first kappa shape index (κ1) is 20.9. The second-order valence-electron chi connectivity index (χ2n) is 6.25. The van der Waals surface area contributed by atoms with Crippen molar-refractivity contribution in [2.24, 2.45) is 0 Å². The molecule has 0 aliphatic heterocycles. The van der Waals surface area contributed by atoms with Gasteiger partial charge in [0.25, 0.3) is 10.0 Å². The fourth-order valence-electron chi connectivity index (χ4n) is 2.91. The minimum atomic E-state index is -4.19. The van der Waals surface area contributed by atoms with E-state index in [2.05, 4.69) is 5.16 Å². The van der Waals surface area contributed by atoms with E-state index in [-0.39, 0.29) is 27.7 Å². The van der Waals surface area contributed by atoms with E-state index in [9.17, 15) is 13.2 Å². The quantitative estimate of drug-likeness (QED) is 0.542. The van der Waals surface area contributed by atoms with Crippen molar-refractivity contribution in [3.8, 4) is 0 Å². The summed E-state index contributed by atoms with van der Waals surface area (Å²) in [7, 11) is -3.00. The summed E-state index contributed by atoms with van der Waals surface area (Å²) in [5, 5.41) is 4.14. The lowest BCUT2D eigenvalue weighted by atomic mass is 10.2. The molecule has 0 aliphatic carbocycles. The largest absolute Gasteiger partial charge is 0.465 e. The van der Waals surface area contributed by atoms with Crippen LogP contribution in [0.4, 0.5) is 5.69 Å². The highest BCUT2D eigenvalue weighted by Gasteiger charge is 2.32. The number of rotatable bonds is 6. The zero-order chi connectivity index (χ0) is 21.2. The normalized spacial score (nSPS) is 11.3. The van der Waals surface area contributed by atoms with Crippen molar-refractivity contribution in [1.82, 2.24) is 5.16 Å². The zero-order valence-electron chi connectivity index (χ0n) is 16.0. The summed E-state index contributed by atoms with van der Waals surface area (Å²) in [6, 6.07) is 12.5. The number of anilines is 1. The number of esters is 1. The fraction of sp³-hybridized carbons (Fsp3) is 0.200. The van der Waals surface area contributed by atoms with Gasteiger partial charge in [-0.3, -0.25) is 4.31 Å². The van der Waals surface area contributed by atoms with Gasteiger partial charge in [-0.1, -0.05) is 41.0 Å². The van der Waals surface area contributed by atoms with Crippen LogP contribution in [0.1, 0.15) is 27.4 Å². The smallest absolute Gasteiger partial charge is 0.339 e. The monoisotopic (exact) mass is 434 g/mol. The Morgan fingerprint density at radius 1 is 1.14 bits per heavy atom. The van der Waals surface area contributed by atoms with E-state index in [1.165, 1.54) is 19.2 Å². The summed E-state index contributed by atoms with van der Waals surface area (Å²) in [5.74, 6) is -0.253. The van der Waals surface area contributed by atoms with E-state index >= 15 is 0 Å². The van der Waals surface area contributed by atoms with E-state index in [1.54, 1.807) is 50.2 Å². The molecule has 0 aliphatic rings. The fourth-order valence-corrected chi connectivity index (χ4v) is 4.84. The summed E-state index contributed by atoms with van der Waals surface area (Å²) in [6.07, 6.45) is 0. The highest BCUT2D eigenvalue weighted by molar-refractivity contribution is 7.92. The van der Waals surface area contributed by atoms with Crippen LogP contribution in [0.2, 0.25) is 5.02 Å². The summed E-state index contributed by atoms with van der Waals surface area (Å²) in [4.78, 5) is 12.0. The molecule has 0 spiro atoms. The second kappa shape index (κ2) is 8.26. The summed E-state index contributed by atoms with van der Waals surface area (Å²) < 4.78 is 38.4. The Morgan fingerprint density at radius 3 is 2.41 bits per heavy atom. The number of aryl methyl sites for hydroxylation is 2. The third kappa shape index (κ3) is 3.99. The molecular formula is C20H19ClN2O5S. The van der Waals surface area contributed by atoms with Gasteiger partial charge < -0.3 is 9.26 Å². The summed E-state index contributed by atoms with van der Waals surface area (Å²) in [6.45, 7) is 3.36. The maximum atomic E-state index is 13.7. The van der Waals surface area contributed by atoms with Crippen LogP contribution in [0, 0.1) is 13.8 Å². The molecule has 152 valence electrons. The van der Waals surface area contributed by atoms with Gasteiger partial charge in [-0.2, -0.15) is 0 Å². The molecule has 1 aromatic heterocycles. The number of ether oxygens (including phenoxy) is 1. The van der Waals surface area contributed by atoms with Crippen LogP contribution < -0.4 is 4.31 Å². The maximum Gasteiger partial charge on any atom is 0.339 e. The Hall–Kier alpha value is -2.84. The Morgan fingerprint density at radius 2 is 1.79 bits per heavy atom. The van der Waals surface area contributed by atoms with Crippen molar-refractivity contribution in [1.29, 1.82) is 0 Å². The first-order chi connectivity index (χ1) is 13.8. The van der Waals surface area contributed by atoms with Crippen LogP contribution in [-0.4, -0.2) is 26.7 Å². The molecule has 1 heterocycles. The highest BCUT2D eigenvalue weighted by atomic mass is 35.5. The van der Waals surface area contributed by atoms with Crippen LogP contribution in [0.25, 0.3) is 0 Å². The molecule has 0 radical (unpaired) electrons. The van der Waals surface area contributed by atoms with Crippen molar-refractivity contribution < 1.29 is 22.5 Å². The molecule has 29 heavy (non-hydrogen) atoms. The predicted octanol–water partition coefficient (Wildman–Crippen LogP) is 4.13. The number of benzene rings is 2. The van der Waals surface area contributed by atoms with Gasteiger partial charge in [0.05, 0.1) is 35.6 Å². The first-order valence-corrected chi connectivity index (χ1v) is 10.5. The number of nitrogens with zero attached hydrogens (tertiary/aromatic N) is 2. The van der Waals surface area contributed by atoms with E-state index in [0.717, 1.165) is 4.31 Å². The van der Waals surface area contributed by atoms with Crippen LogP contribution in [0.15, 0.2) is 57.9 Å². The van der Waals surface area contributed by atoms with Crippen molar-refractivity contribution in [3.05, 3.63) is 76.1 Å². The summed E-state index contributed by atoms with van der Waals surface area (Å²) >= 11 is 6.33. The number of para-hydroxylation sites is 1. The molecule has 0 saturated heterocycles. The lowest BCUT2D eigenvalue weighted by molar-refractivity contribution is 0.0596. The molecular weight excluding hydrogens is 416 g/mol. The molecule has 0 bridgehead atoms. The lowest BCUT2D eigenvalue weighted by Gasteiger charge is -2.26. The van der Waals surface area contributed by atoms with Crippen molar-refractivity contribution in [2.75, 3.05) is 11.4 Å². The molecule has 0 saturated carbocycles. The summed E-state index contributed by atoms with van der Waals surface area (Å²) in [5.41, 5.74) is 1.39. The lowest BCUT2D eigenvalue weighted by Crippen LogP contribution is -2.32. The second-order valence-corrected chi connectivity index (χ2v) is 8.49. The number of hydrogen-bond acceptors (Lipinski definition) is 6. The van der Waals surface area contributed by atoms with Gasteiger partial charge in [0.15, 0.2) is 0 Å². The molecule has 0 fully saturated rings. The maximum absolute atomic E-state index is 13.7. The van der Waals surface area contributed by atoms with Crippen molar-refractivity contribution in [3.63, 3.8) is 0 Å². The first-order valence-electron chi connectivity index (χ1n) is 8.63. The minimum Gasteiger partial charge on any atom is -0.465 e. The van der Waals surface area contributed by atoms with Crippen molar-refractivity contribution >= 4 is 33.3 Å². The van der Waals surface area contributed by atoms with Gasteiger partial charge in [-0.15, -0.1) is 0 Å². The predicted molar refractivity (Wildman–Crippen MR) is 109 cm³/mol. The van der Waals surface area contributed by atoms with Crippen LogP contribution in [0.3, 0.4) is 0 Å². The standard InChI is InChI=1S/C20H19ClN2O5S/c1-13-16(14(2)28-22-13)12-23(18-10-6-5-9-17(18)21)29(25,26)19-11-7-4-8-15(19)20(24)27-3/h4-11H,12H2,1-3H3. The number of hydrogen-bond donors (Lipinski definition) is 0. The molecule has 9 heteroatoms. The third-order valence-electron chi connectivity index (χ3n) is 4.46. The molecule has 0 unspecified atom stereocenters. The Labute approximate surface area is 173 Å². The molecule has 0 N–H and O–H groups in total. The highest BCUT2D eigenvalue weighted by Crippen LogP contribution is 2.34. The molecule has 0 atom stereocenters. The minimum absolute atomic E-state index is 0.0641. The molecule has 0 amide bonds. The molecule has 2 aromatic carbocycles. The number of methoxy groups -OCH3 is 1. The van der Waals surface area contributed by atoms with Crippen LogP contribution in [0.5, 0.6) is 0 Å². The SMILES string of the molecule is COC(=O)c1ccccc1S(=O)(=O)N(Cc1c(C)noc1C)c1ccccc1Cl. The van der Waals surface area contributed by atoms with E-state index in [1.807, 2.05) is 0 Å². The Kier molecular flexibility index (Phi) is 5.95. The molecule has 3 aromatic rings.